The summed E-state index contributed by atoms with van der Waals surface area (Å²) in [5, 5.41) is 13.7. The van der Waals surface area contributed by atoms with Gasteiger partial charge in [0.05, 0.1) is 10.6 Å². The topological polar surface area (TPSA) is 45.1 Å². The quantitative estimate of drug-likeness (QED) is 0.815. The van der Waals surface area contributed by atoms with E-state index in [1.807, 2.05) is 13.8 Å². The molecule has 1 aromatic rings. The van der Waals surface area contributed by atoms with Crippen molar-refractivity contribution < 1.29 is 5.11 Å². The molecule has 0 atom stereocenters. The van der Waals surface area contributed by atoms with Crippen molar-refractivity contribution >= 4 is 17.4 Å². The Morgan fingerprint density at radius 3 is 2.67 bits per heavy atom. The van der Waals surface area contributed by atoms with Crippen LogP contribution < -0.4 is 5.32 Å². The summed E-state index contributed by atoms with van der Waals surface area (Å²) in [6.45, 7) is 4.40. The van der Waals surface area contributed by atoms with Gasteiger partial charge in [-0.2, -0.15) is 0 Å². The van der Waals surface area contributed by atoms with Crippen LogP contribution in [0.3, 0.4) is 0 Å². The van der Waals surface area contributed by atoms with Crippen molar-refractivity contribution in [2.24, 2.45) is 0 Å². The minimum Gasteiger partial charge on any atom is -0.388 e. The third-order valence-corrected chi connectivity index (χ3v) is 2.96. The minimum absolute atomic E-state index is 0.469. The Labute approximate surface area is 95.5 Å². The Bertz CT molecular complexity index is 313. The van der Waals surface area contributed by atoms with Crippen molar-refractivity contribution in [1.82, 2.24) is 4.98 Å². The number of anilines is 1. The largest absolute Gasteiger partial charge is 0.388 e. The number of pyridine rings is 1. The van der Waals surface area contributed by atoms with Gasteiger partial charge >= 0.3 is 0 Å². The number of nitrogens with one attached hydrogen (secondary N) is 1. The molecule has 1 aromatic heterocycles. The summed E-state index contributed by atoms with van der Waals surface area (Å²) in [6, 6.07) is 3.55. The van der Waals surface area contributed by atoms with Crippen molar-refractivity contribution in [3.8, 4) is 0 Å². The third-order valence-electron chi connectivity index (χ3n) is 2.66. The maximum atomic E-state index is 10.0. The molecule has 0 aliphatic carbocycles. The average Bonchev–Trinajstić information content (AvgIpc) is 2.28. The third kappa shape index (κ3) is 3.36. The first-order chi connectivity index (χ1) is 7.11. The Hall–Kier alpha value is -0.800. The van der Waals surface area contributed by atoms with Crippen molar-refractivity contribution in [1.29, 1.82) is 0 Å². The fraction of sp³-hybridized carbons (Fsp3) is 0.545. The molecule has 0 bridgehead atoms. The van der Waals surface area contributed by atoms with E-state index in [0.717, 1.165) is 0 Å². The molecular formula is C11H17ClN2O. The van der Waals surface area contributed by atoms with Gasteiger partial charge in [-0.15, -0.1) is 0 Å². The van der Waals surface area contributed by atoms with E-state index in [2.05, 4.69) is 10.3 Å². The summed E-state index contributed by atoms with van der Waals surface area (Å²) < 4.78 is 0. The molecular weight excluding hydrogens is 212 g/mol. The summed E-state index contributed by atoms with van der Waals surface area (Å²) in [4.78, 5) is 4.10. The highest BCUT2D eigenvalue weighted by Crippen LogP contribution is 2.20. The minimum atomic E-state index is -0.680. The normalized spacial score (nSPS) is 11.5. The summed E-state index contributed by atoms with van der Waals surface area (Å²) in [7, 11) is 0. The summed E-state index contributed by atoms with van der Waals surface area (Å²) in [6.07, 6.45) is 3.09. The fourth-order valence-electron chi connectivity index (χ4n) is 1.26. The summed E-state index contributed by atoms with van der Waals surface area (Å²) >= 11 is 5.93. The molecule has 0 saturated carbocycles. The van der Waals surface area contributed by atoms with Crippen LogP contribution >= 0.6 is 11.6 Å². The SMILES string of the molecule is CCC(O)(CC)CNc1ncccc1Cl. The van der Waals surface area contributed by atoms with Crippen LogP contribution in [0.15, 0.2) is 18.3 Å². The molecule has 0 saturated heterocycles. The second kappa shape index (κ2) is 5.33. The van der Waals surface area contributed by atoms with Crippen LogP contribution in [0, 0.1) is 0 Å². The van der Waals surface area contributed by atoms with Crippen molar-refractivity contribution in [2.45, 2.75) is 32.3 Å². The molecule has 0 amide bonds. The lowest BCUT2D eigenvalue weighted by Gasteiger charge is -2.25. The number of hydrogen-bond acceptors (Lipinski definition) is 3. The maximum Gasteiger partial charge on any atom is 0.144 e. The Kier molecular flexibility index (Phi) is 4.36. The molecule has 0 aliphatic heterocycles. The summed E-state index contributed by atoms with van der Waals surface area (Å²) in [5.74, 6) is 0.625. The molecule has 0 aliphatic rings. The van der Waals surface area contributed by atoms with Gasteiger partial charge in [0, 0.05) is 12.7 Å². The molecule has 0 unspecified atom stereocenters. The van der Waals surface area contributed by atoms with Crippen LogP contribution in [-0.2, 0) is 0 Å². The molecule has 3 nitrogen and oxygen atoms in total. The van der Waals surface area contributed by atoms with E-state index < -0.39 is 5.60 Å². The second-order valence-electron chi connectivity index (χ2n) is 3.62. The standard InChI is InChI=1S/C11H17ClN2O/c1-3-11(15,4-2)8-14-10-9(12)6-5-7-13-10/h5-7,15H,3-4,8H2,1-2H3,(H,13,14). The van der Waals surface area contributed by atoms with Gasteiger partial charge in [0.1, 0.15) is 5.82 Å². The first-order valence-electron chi connectivity index (χ1n) is 5.18. The van der Waals surface area contributed by atoms with Crippen molar-refractivity contribution in [3.63, 3.8) is 0 Å². The van der Waals surface area contributed by atoms with E-state index in [9.17, 15) is 5.11 Å². The van der Waals surface area contributed by atoms with E-state index in [1.54, 1.807) is 18.3 Å². The maximum absolute atomic E-state index is 10.0. The zero-order valence-electron chi connectivity index (χ0n) is 9.13. The van der Waals surface area contributed by atoms with E-state index in [0.29, 0.717) is 30.2 Å². The molecule has 1 heterocycles. The van der Waals surface area contributed by atoms with Crippen molar-refractivity contribution in [3.05, 3.63) is 23.4 Å². The highest BCUT2D eigenvalue weighted by atomic mass is 35.5. The number of halogens is 1. The Balaban J connectivity index is 2.61. The Morgan fingerprint density at radius 1 is 1.47 bits per heavy atom. The lowest BCUT2D eigenvalue weighted by molar-refractivity contribution is 0.0456. The molecule has 0 radical (unpaired) electrons. The van der Waals surface area contributed by atoms with Gasteiger partial charge in [0.25, 0.3) is 0 Å². The number of rotatable bonds is 5. The number of nitrogens with zero attached hydrogens (tertiary/aromatic N) is 1. The summed E-state index contributed by atoms with van der Waals surface area (Å²) in [5.41, 5.74) is -0.680. The zero-order valence-corrected chi connectivity index (χ0v) is 9.88. The molecule has 2 N–H and O–H groups in total. The van der Waals surface area contributed by atoms with E-state index in [4.69, 9.17) is 11.6 Å². The van der Waals surface area contributed by atoms with E-state index in [1.165, 1.54) is 0 Å². The van der Waals surface area contributed by atoms with Gasteiger partial charge in [0.2, 0.25) is 0 Å². The lowest BCUT2D eigenvalue weighted by atomic mass is 9.98. The van der Waals surface area contributed by atoms with Crippen molar-refractivity contribution in [2.75, 3.05) is 11.9 Å². The monoisotopic (exact) mass is 228 g/mol. The molecule has 15 heavy (non-hydrogen) atoms. The number of hydrogen-bond donors (Lipinski definition) is 2. The van der Waals surface area contributed by atoms with Crippen LogP contribution in [0.2, 0.25) is 5.02 Å². The second-order valence-corrected chi connectivity index (χ2v) is 4.03. The van der Waals surface area contributed by atoms with E-state index in [-0.39, 0.29) is 0 Å². The molecule has 1 rings (SSSR count). The van der Waals surface area contributed by atoms with Crippen LogP contribution in [0.25, 0.3) is 0 Å². The fourth-order valence-corrected chi connectivity index (χ4v) is 1.45. The smallest absolute Gasteiger partial charge is 0.144 e. The van der Waals surface area contributed by atoms with Crippen LogP contribution in [0.4, 0.5) is 5.82 Å². The highest BCUT2D eigenvalue weighted by molar-refractivity contribution is 6.32. The first-order valence-corrected chi connectivity index (χ1v) is 5.56. The van der Waals surface area contributed by atoms with Crippen LogP contribution in [0.1, 0.15) is 26.7 Å². The van der Waals surface area contributed by atoms with Gasteiger partial charge in [-0.3, -0.25) is 0 Å². The van der Waals surface area contributed by atoms with Crippen LogP contribution in [0.5, 0.6) is 0 Å². The van der Waals surface area contributed by atoms with Gasteiger partial charge in [-0.05, 0) is 25.0 Å². The van der Waals surface area contributed by atoms with E-state index >= 15 is 0 Å². The molecule has 0 spiro atoms. The predicted octanol–water partition coefficient (Wildman–Crippen LogP) is 2.70. The molecule has 0 fully saturated rings. The average molecular weight is 229 g/mol. The van der Waals surface area contributed by atoms with Gasteiger partial charge in [0.15, 0.2) is 0 Å². The van der Waals surface area contributed by atoms with Gasteiger partial charge in [-0.1, -0.05) is 25.4 Å². The Morgan fingerprint density at radius 2 is 2.13 bits per heavy atom. The first kappa shape index (κ1) is 12.3. The van der Waals surface area contributed by atoms with Gasteiger partial charge in [-0.25, -0.2) is 4.98 Å². The zero-order chi connectivity index (χ0) is 11.3. The lowest BCUT2D eigenvalue weighted by Crippen LogP contribution is -2.35. The van der Waals surface area contributed by atoms with Crippen LogP contribution in [-0.4, -0.2) is 22.2 Å². The number of aromatic nitrogens is 1. The molecule has 84 valence electrons. The predicted molar refractivity (Wildman–Crippen MR) is 63.3 cm³/mol. The van der Waals surface area contributed by atoms with Gasteiger partial charge < -0.3 is 10.4 Å². The molecule has 4 heteroatoms. The highest BCUT2D eigenvalue weighted by Gasteiger charge is 2.21. The molecule has 0 aromatic carbocycles. The number of aliphatic hydroxyl groups is 1.